The second-order valence-electron chi connectivity index (χ2n) is 6.67. The van der Waals surface area contributed by atoms with Crippen LogP contribution in [0.25, 0.3) is 10.9 Å². The van der Waals surface area contributed by atoms with Gasteiger partial charge in [0.15, 0.2) is 0 Å². The van der Waals surface area contributed by atoms with Crippen LogP contribution in [0.4, 0.5) is 0 Å². The van der Waals surface area contributed by atoms with Gasteiger partial charge in [-0.25, -0.2) is 4.98 Å². The fourth-order valence-electron chi connectivity index (χ4n) is 3.43. The number of nitrogens with zero attached hydrogens (tertiary/aromatic N) is 1. The van der Waals surface area contributed by atoms with Crippen molar-refractivity contribution >= 4 is 22.8 Å². The fourth-order valence-corrected chi connectivity index (χ4v) is 3.43. The number of aromatic amines is 1. The van der Waals surface area contributed by atoms with Crippen LogP contribution in [0.3, 0.4) is 0 Å². The fraction of sp³-hybridized carbons (Fsp3) is 0.474. The van der Waals surface area contributed by atoms with Crippen LogP contribution in [-0.4, -0.2) is 35.0 Å². The zero-order valence-corrected chi connectivity index (χ0v) is 14.8. The van der Waals surface area contributed by atoms with Crippen LogP contribution in [0.2, 0.25) is 0 Å². The molecule has 0 atom stereocenters. The first-order valence-electron chi connectivity index (χ1n) is 8.92. The lowest BCUT2D eigenvalue weighted by Crippen LogP contribution is -2.39. The zero-order valence-electron chi connectivity index (χ0n) is 14.8. The number of carbonyl (C=O) groups is 2. The second-order valence-corrected chi connectivity index (χ2v) is 6.67. The molecule has 0 bridgehead atoms. The van der Waals surface area contributed by atoms with E-state index >= 15 is 0 Å². The molecule has 2 aromatic rings. The Morgan fingerprint density at radius 1 is 1.23 bits per heavy atom. The van der Waals surface area contributed by atoms with Gasteiger partial charge in [-0.1, -0.05) is 12.1 Å². The molecule has 1 saturated carbocycles. The monoisotopic (exact) mass is 357 g/mol. The summed E-state index contributed by atoms with van der Waals surface area (Å²) >= 11 is 0. The number of aryl methyl sites for hydroxylation is 1. The Morgan fingerprint density at radius 2 is 1.96 bits per heavy atom. The molecule has 1 aromatic carbocycles. The van der Waals surface area contributed by atoms with Crippen LogP contribution < -0.4 is 10.9 Å². The summed E-state index contributed by atoms with van der Waals surface area (Å²) in [5.41, 5.74) is 0.444. The molecule has 2 N–H and O–H groups in total. The normalized spacial score (nSPS) is 19.9. The van der Waals surface area contributed by atoms with Crippen molar-refractivity contribution in [1.29, 1.82) is 0 Å². The van der Waals surface area contributed by atoms with E-state index in [4.69, 9.17) is 4.74 Å². The number of carbonyl (C=O) groups excluding carboxylic acids is 2. The van der Waals surface area contributed by atoms with Crippen LogP contribution in [0, 0.1) is 5.92 Å². The molecule has 7 heteroatoms. The van der Waals surface area contributed by atoms with Crippen molar-refractivity contribution in [2.75, 3.05) is 7.11 Å². The Balaban J connectivity index is 1.50. The highest BCUT2D eigenvalue weighted by molar-refractivity contribution is 5.78. The number of para-hydroxylation sites is 1. The summed E-state index contributed by atoms with van der Waals surface area (Å²) in [5.74, 6) is 0.224. The van der Waals surface area contributed by atoms with Gasteiger partial charge in [0.2, 0.25) is 5.91 Å². The van der Waals surface area contributed by atoms with Gasteiger partial charge in [-0.2, -0.15) is 0 Å². The molecular formula is C19H23N3O4. The lowest BCUT2D eigenvalue weighted by atomic mass is 9.86. The van der Waals surface area contributed by atoms with Crippen molar-refractivity contribution in [2.24, 2.45) is 5.92 Å². The molecular weight excluding hydrogens is 334 g/mol. The summed E-state index contributed by atoms with van der Waals surface area (Å²) < 4.78 is 4.77. The minimum absolute atomic E-state index is 0.0555. The van der Waals surface area contributed by atoms with Crippen molar-refractivity contribution in [1.82, 2.24) is 15.3 Å². The minimum atomic E-state index is -0.188. The predicted octanol–water partition coefficient (Wildman–Crippen LogP) is 1.70. The largest absolute Gasteiger partial charge is 0.469 e. The van der Waals surface area contributed by atoms with Gasteiger partial charge in [0.25, 0.3) is 5.56 Å². The number of aromatic nitrogens is 2. The van der Waals surface area contributed by atoms with Crippen LogP contribution in [0.15, 0.2) is 29.1 Å². The SMILES string of the molecule is COC(=O)C1CCC(NC(=O)CCc2nc3ccccc3c(=O)[nH]2)CC1. The lowest BCUT2D eigenvalue weighted by Gasteiger charge is -2.27. The Morgan fingerprint density at radius 3 is 2.69 bits per heavy atom. The van der Waals surface area contributed by atoms with E-state index in [1.165, 1.54) is 7.11 Å². The van der Waals surface area contributed by atoms with Crippen molar-refractivity contribution in [3.8, 4) is 0 Å². The first-order chi connectivity index (χ1) is 12.6. The van der Waals surface area contributed by atoms with E-state index in [9.17, 15) is 14.4 Å². The molecule has 0 aliphatic heterocycles. The second kappa shape index (κ2) is 8.12. The number of ether oxygens (including phenoxy) is 1. The van der Waals surface area contributed by atoms with E-state index < -0.39 is 0 Å². The molecule has 1 amide bonds. The average molecular weight is 357 g/mol. The molecule has 1 aliphatic rings. The maximum Gasteiger partial charge on any atom is 0.308 e. The smallest absolute Gasteiger partial charge is 0.308 e. The topological polar surface area (TPSA) is 101 Å². The number of hydrogen-bond donors (Lipinski definition) is 2. The maximum atomic E-state index is 12.2. The molecule has 1 aliphatic carbocycles. The van der Waals surface area contributed by atoms with E-state index in [0.717, 1.165) is 25.7 Å². The van der Waals surface area contributed by atoms with Gasteiger partial charge in [-0.05, 0) is 37.8 Å². The lowest BCUT2D eigenvalue weighted by molar-refractivity contribution is -0.146. The molecule has 138 valence electrons. The molecule has 1 fully saturated rings. The Labute approximate surface area is 151 Å². The Kier molecular flexibility index (Phi) is 5.65. The van der Waals surface area contributed by atoms with E-state index in [-0.39, 0.29) is 35.8 Å². The van der Waals surface area contributed by atoms with Gasteiger partial charge < -0.3 is 15.0 Å². The highest BCUT2D eigenvalue weighted by Gasteiger charge is 2.27. The molecule has 1 aromatic heterocycles. The Bertz CT molecular complexity index is 853. The van der Waals surface area contributed by atoms with Gasteiger partial charge in [-0.3, -0.25) is 14.4 Å². The van der Waals surface area contributed by atoms with Gasteiger partial charge in [0, 0.05) is 18.9 Å². The quantitative estimate of drug-likeness (QED) is 0.793. The number of methoxy groups -OCH3 is 1. The van der Waals surface area contributed by atoms with Crippen molar-refractivity contribution in [2.45, 2.75) is 44.6 Å². The molecule has 7 nitrogen and oxygen atoms in total. The number of rotatable bonds is 5. The number of fused-ring (bicyclic) bond motifs is 1. The first-order valence-corrected chi connectivity index (χ1v) is 8.92. The number of benzene rings is 1. The number of esters is 1. The van der Waals surface area contributed by atoms with E-state index in [2.05, 4.69) is 15.3 Å². The third-order valence-electron chi connectivity index (χ3n) is 4.88. The predicted molar refractivity (Wildman–Crippen MR) is 96.6 cm³/mol. The first kappa shape index (κ1) is 18.1. The van der Waals surface area contributed by atoms with Gasteiger partial charge in [0.05, 0.1) is 23.9 Å². The molecule has 0 spiro atoms. The van der Waals surface area contributed by atoms with Gasteiger partial charge in [-0.15, -0.1) is 0 Å². The summed E-state index contributed by atoms with van der Waals surface area (Å²) in [6.07, 6.45) is 3.66. The average Bonchev–Trinajstić information content (AvgIpc) is 2.66. The van der Waals surface area contributed by atoms with Crippen LogP contribution in [0.5, 0.6) is 0 Å². The van der Waals surface area contributed by atoms with Crippen LogP contribution in [-0.2, 0) is 20.7 Å². The summed E-state index contributed by atoms with van der Waals surface area (Å²) in [6.45, 7) is 0. The summed E-state index contributed by atoms with van der Waals surface area (Å²) in [7, 11) is 1.40. The summed E-state index contributed by atoms with van der Waals surface area (Å²) in [5, 5.41) is 3.55. The van der Waals surface area contributed by atoms with Gasteiger partial charge in [0.1, 0.15) is 5.82 Å². The molecule has 0 radical (unpaired) electrons. The van der Waals surface area contributed by atoms with E-state index in [0.29, 0.717) is 23.1 Å². The summed E-state index contributed by atoms with van der Waals surface area (Å²) in [6, 6.07) is 7.22. The number of nitrogens with one attached hydrogen (secondary N) is 2. The third kappa shape index (κ3) is 4.28. The highest BCUT2D eigenvalue weighted by Crippen LogP contribution is 2.25. The van der Waals surface area contributed by atoms with Crippen molar-refractivity contribution in [3.63, 3.8) is 0 Å². The highest BCUT2D eigenvalue weighted by atomic mass is 16.5. The number of amides is 1. The number of hydrogen-bond acceptors (Lipinski definition) is 5. The van der Waals surface area contributed by atoms with Crippen molar-refractivity contribution < 1.29 is 14.3 Å². The molecule has 3 rings (SSSR count). The standard InChI is InChI=1S/C19H23N3O4/c1-26-19(25)12-6-8-13(9-7-12)20-17(23)11-10-16-21-15-5-3-2-4-14(15)18(24)22-16/h2-5,12-13H,6-11H2,1H3,(H,20,23)(H,21,22,24). The van der Waals surface area contributed by atoms with Crippen molar-refractivity contribution in [3.05, 3.63) is 40.4 Å². The van der Waals surface area contributed by atoms with E-state index in [1.807, 2.05) is 6.07 Å². The zero-order chi connectivity index (χ0) is 18.5. The summed E-state index contributed by atoms with van der Waals surface area (Å²) in [4.78, 5) is 42.9. The maximum absolute atomic E-state index is 12.2. The number of H-pyrrole nitrogens is 1. The van der Waals surface area contributed by atoms with Crippen LogP contribution in [0.1, 0.15) is 37.9 Å². The molecule has 0 unspecified atom stereocenters. The molecule has 1 heterocycles. The Hall–Kier alpha value is -2.70. The molecule has 0 saturated heterocycles. The molecule has 26 heavy (non-hydrogen) atoms. The van der Waals surface area contributed by atoms with Gasteiger partial charge >= 0.3 is 5.97 Å². The van der Waals surface area contributed by atoms with E-state index in [1.54, 1.807) is 18.2 Å². The minimum Gasteiger partial charge on any atom is -0.469 e. The third-order valence-corrected chi connectivity index (χ3v) is 4.88. The van der Waals surface area contributed by atoms with Crippen LogP contribution >= 0.6 is 0 Å².